The van der Waals surface area contributed by atoms with Gasteiger partial charge in [-0.15, -0.1) is 0 Å². The topological polar surface area (TPSA) is 37.8 Å². The van der Waals surface area contributed by atoms with Crippen LogP contribution in [0, 0.1) is 6.92 Å². The highest BCUT2D eigenvalue weighted by Gasteiger charge is 2.08. The summed E-state index contributed by atoms with van der Waals surface area (Å²) < 4.78 is 0.610. The number of nitrogens with zero attached hydrogens (tertiary/aromatic N) is 2. The highest BCUT2D eigenvalue weighted by Crippen LogP contribution is 2.31. The third-order valence-electron chi connectivity index (χ3n) is 2.12. The van der Waals surface area contributed by atoms with Crippen molar-refractivity contribution in [2.75, 3.05) is 5.32 Å². The molecule has 0 spiro atoms. The Kier molecular flexibility index (Phi) is 3.86. The highest BCUT2D eigenvalue weighted by molar-refractivity contribution is 9.10. The van der Waals surface area contributed by atoms with Crippen molar-refractivity contribution in [1.82, 2.24) is 9.97 Å². The third kappa shape index (κ3) is 2.89. The van der Waals surface area contributed by atoms with E-state index in [1.165, 1.54) is 6.33 Å². The summed E-state index contributed by atoms with van der Waals surface area (Å²) in [5.41, 5.74) is 1.87. The summed E-state index contributed by atoms with van der Waals surface area (Å²) in [7, 11) is 0. The van der Waals surface area contributed by atoms with Crippen molar-refractivity contribution in [1.29, 1.82) is 0 Å². The number of hydrogen-bond donors (Lipinski definition) is 1. The molecule has 2 aromatic rings. The van der Waals surface area contributed by atoms with E-state index in [1.54, 1.807) is 0 Å². The number of aromatic nitrogens is 2. The summed E-state index contributed by atoms with van der Waals surface area (Å²) in [4.78, 5) is 7.94. The highest BCUT2D eigenvalue weighted by atomic mass is 79.9. The summed E-state index contributed by atoms with van der Waals surface area (Å²) in [5, 5.41) is 4.08. The molecule has 0 unspecified atom stereocenters. The average Bonchev–Trinajstić information content (AvgIpc) is 2.28. The molecule has 0 amide bonds. The van der Waals surface area contributed by atoms with E-state index < -0.39 is 0 Å². The van der Waals surface area contributed by atoms with E-state index in [0.717, 1.165) is 11.3 Å². The number of benzene rings is 1. The van der Waals surface area contributed by atoms with Crippen molar-refractivity contribution in [3.63, 3.8) is 0 Å². The Morgan fingerprint density at radius 3 is 2.71 bits per heavy atom. The molecule has 0 saturated heterocycles. The summed E-state index contributed by atoms with van der Waals surface area (Å²) >= 11 is 15.3. The van der Waals surface area contributed by atoms with Gasteiger partial charge in [0.25, 0.3) is 0 Å². The third-order valence-corrected chi connectivity index (χ3v) is 3.70. The van der Waals surface area contributed by atoms with Crippen molar-refractivity contribution >= 4 is 50.6 Å². The molecule has 88 valence electrons. The molecule has 0 aliphatic rings. The Hall–Kier alpha value is -0.840. The van der Waals surface area contributed by atoms with Gasteiger partial charge in [0.2, 0.25) is 0 Å². The first-order valence-electron chi connectivity index (χ1n) is 4.77. The molecule has 0 aliphatic heterocycles. The van der Waals surface area contributed by atoms with Crippen molar-refractivity contribution < 1.29 is 0 Å². The Morgan fingerprint density at radius 2 is 2.00 bits per heavy atom. The van der Waals surface area contributed by atoms with Crippen LogP contribution < -0.4 is 5.32 Å². The number of nitrogens with one attached hydrogen (secondary N) is 1. The second-order valence-electron chi connectivity index (χ2n) is 3.44. The van der Waals surface area contributed by atoms with Crippen LogP contribution in [0.4, 0.5) is 11.5 Å². The van der Waals surface area contributed by atoms with Gasteiger partial charge in [-0.1, -0.05) is 29.3 Å². The van der Waals surface area contributed by atoms with Gasteiger partial charge in [-0.05, 0) is 40.5 Å². The van der Waals surface area contributed by atoms with Crippen LogP contribution in [0.2, 0.25) is 10.2 Å². The molecule has 1 heterocycles. The molecule has 6 heteroatoms. The summed E-state index contributed by atoms with van der Waals surface area (Å²) in [5.74, 6) is 0.579. The van der Waals surface area contributed by atoms with Crippen molar-refractivity contribution in [3.8, 4) is 0 Å². The zero-order valence-corrected chi connectivity index (χ0v) is 11.9. The lowest BCUT2D eigenvalue weighted by Gasteiger charge is -2.09. The lowest BCUT2D eigenvalue weighted by atomic mass is 10.2. The quantitative estimate of drug-likeness (QED) is 0.817. The molecule has 0 aliphatic carbocycles. The second-order valence-corrected chi connectivity index (χ2v) is 4.99. The van der Waals surface area contributed by atoms with E-state index >= 15 is 0 Å². The molecule has 3 nitrogen and oxygen atoms in total. The molecule has 0 saturated carbocycles. The molecule has 2 rings (SSSR count). The Balaban J connectivity index is 2.35. The van der Waals surface area contributed by atoms with Crippen LogP contribution >= 0.6 is 39.1 Å². The predicted octanol–water partition coefficient (Wildman–Crippen LogP) is 4.60. The van der Waals surface area contributed by atoms with Gasteiger partial charge in [-0.2, -0.15) is 0 Å². The molecular formula is C11H8BrCl2N3. The van der Waals surface area contributed by atoms with Crippen LogP contribution in [0.25, 0.3) is 0 Å². The summed E-state index contributed by atoms with van der Waals surface area (Å²) in [6.45, 7) is 1.98. The number of aryl methyl sites for hydroxylation is 1. The van der Waals surface area contributed by atoms with Gasteiger partial charge in [0, 0.05) is 0 Å². The summed E-state index contributed by atoms with van der Waals surface area (Å²) in [6.07, 6.45) is 1.39. The van der Waals surface area contributed by atoms with E-state index in [4.69, 9.17) is 23.2 Å². The Bertz CT molecular complexity index is 560. The van der Waals surface area contributed by atoms with Crippen LogP contribution in [-0.2, 0) is 0 Å². The van der Waals surface area contributed by atoms with E-state index in [-0.39, 0.29) is 0 Å². The molecular weight excluding hydrogens is 325 g/mol. The fourth-order valence-electron chi connectivity index (χ4n) is 1.28. The second kappa shape index (κ2) is 5.21. The van der Waals surface area contributed by atoms with Crippen molar-refractivity contribution in [3.05, 3.63) is 44.7 Å². The number of anilines is 2. The minimum Gasteiger partial charge on any atom is -0.338 e. The number of halogens is 3. The van der Waals surface area contributed by atoms with Crippen molar-refractivity contribution in [2.45, 2.75) is 6.92 Å². The van der Waals surface area contributed by atoms with E-state index in [0.29, 0.717) is 20.5 Å². The first-order chi connectivity index (χ1) is 8.08. The molecule has 0 bridgehead atoms. The SMILES string of the molecule is Cc1ccc(Nc2ncnc(Cl)c2Br)c(Cl)c1. The average molecular weight is 333 g/mol. The number of hydrogen-bond acceptors (Lipinski definition) is 3. The Labute approximate surface area is 117 Å². The van der Waals surface area contributed by atoms with Gasteiger partial charge in [-0.3, -0.25) is 0 Å². The lowest BCUT2D eigenvalue weighted by molar-refractivity contribution is 1.15. The van der Waals surface area contributed by atoms with Gasteiger partial charge < -0.3 is 5.32 Å². The molecule has 0 radical (unpaired) electrons. The largest absolute Gasteiger partial charge is 0.338 e. The maximum absolute atomic E-state index is 6.12. The molecule has 17 heavy (non-hydrogen) atoms. The molecule has 0 atom stereocenters. The van der Waals surface area contributed by atoms with E-state index in [9.17, 15) is 0 Å². The summed E-state index contributed by atoms with van der Waals surface area (Å²) in [6, 6.07) is 5.73. The van der Waals surface area contributed by atoms with Crippen molar-refractivity contribution in [2.24, 2.45) is 0 Å². The smallest absolute Gasteiger partial charge is 0.149 e. The molecule has 1 aromatic heterocycles. The first kappa shape index (κ1) is 12.6. The zero-order valence-electron chi connectivity index (χ0n) is 8.84. The van der Waals surface area contributed by atoms with Gasteiger partial charge in [0.15, 0.2) is 0 Å². The molecule has 1 N–H and O–H groups in total. The standard InChI is InChI=1S/C11H8BrCl2N3/c1-6-2-3-8(7(13)4-6)17-11-9(12)10(14)15-5-16-11/h2-5H,1H3,(H,15,16,17). The van der Waals surface area contributed by atoms with Gasteiger partial charge in [0.05, 0.1) is 15.2 Å². The number of rotatable bonds is 2. The fourth-order valence-corrected chi connectivity index (χ4v) is 2.00. The maximum atomic E-state index is 6.12. The molecule has 1 aromatic carbocycles. The fraction of sp³-hybridized carbons (Fsp3) is 0.0909. The van der Waals surface area contributed by atoms with E-state index in [1.807, 2.05) is 25.1 Å². The predicted molar refractivity (Wildman–Crippen MR) is 74.2 cm³/mol. The monoisotopic (exact) mass is 331 g/mol. The van der Waals surface area contributed by atoms with Crippen LogP contribution in [0.1, 0.15) is 5.56 Å². The lowest BCUT2D eigenvalue weighted by Crippen LogP contribution is -1.97. The van der Waals surface area contributed by atoms with Crippen LogP contribution in [0.5, 0.6) is 0 Å². The van der Waals surface area contributed by atoms with Gasteiger partial charge in [-0.25, -0.2) is 9.97 Å². The van der Waals surface area contributed by atoms with Crippen LogP contribution in [0.3, 0.4) is 0 Å². The van der Waals surface area contributed by atoms with Crippen LogP contribution in [-0.4, -0.2) is 9.97 Å². The first-order valence-corrected chi connectivity index (χ1v) is 6.32. The molecule has 0 fully saturated rings. The van der Waals surface area contributed by atoms with Crippen LogP contribution in [0.15, 0.2) is 29.0 Å². The Morgan fingerprint density at radius 1 is 1.24 bits per heavy atom. The van der Waals surface area contributed by atoms with Gasteiger partial charge in [0.1, 0.15) is 17.3 Å². The maximum Gasteiger partial charge on any atom is 0.149 e. The van der Waals surface area contributed by atoms with Gasteiger partial charge >= 0.3 is 0 Å². The van der Waals surface area contributed by atoms with E-state index in [2.05, 4.69) is 31.2 Å². The normalized spacial score (nSPS) is 10.4. The zero-order chi connectivity index (χ0) is 12.4. The minimum absolute atomic E-state index is 0.353. The minimum atomic E-state index is 0.353.